The van der Waals surface area contributed by atoms with Gasteiger partial charge in [0, 0.05) is 18.1 Å². The van der Waals surface area contributed by atoms with Crippen LogP contribution in [0.3, 0.4) is 0 Å². The normalized spacial score (nSPS) is 10.8. The molecule has 0 spiro atoms. The van der Waals surface area contributed by atoms with Crippen molar-refractivity contribution in [2.24, 2.45) is 0 Å². The summed E-state index contributed by atoms with van der Waals surface area (Å²) < 4.78 is 0. The summed E-state index contributed by atoms with van der Waals surface area (Å²) in [5, 5.41) is 5.05. The fourth-order valence-electron chi connectivity index (χ4n) is 2.18. The maximum absolute atomic E-state index is 12.3. The van der Waals surface area contributed by atoms with E-state index < -0.39 is 0 Å². The Balaban J connectivity index is 1.98. The number of benzene rings is 1. The molecule has 21 heavy (non-hydrogen) atoms. The number of thioether (sulfide) groups is 1. The van der Waals surface area contributed by atoms with E-state index in [1.54, 1.807) is 6.20 Å². The van der Waals surface area contributed by atoms with Crippen LogP contribution in [0, 0.1) is 0 Å². The van der Waals surface area contributed by atoms with Crippen molar-refractivity contribution in [1.82, 2.24) is 10.3 Å². The van der Waals surface area contributed by atoms with Crippen molar-refractivity contribution >= 4 is 40.0 Å². The number of nitrogens with one attached hydrogen (secondary N) is 1. The third kappa shape index (κ3) is 4.35. The van der Waals surface area contributed by atoms with Crippen molar-refractivity contribution in [2.75, 3.05) is 18.6 Å². The number of hydrogen-bond donors (Lipinski definition) is 1. The Morgan fingerprint density at radius 1 is 1.24 bits per heavy atom. The Hall–Kier alpha value is -1.26. The summed E-state index contributed by atoms with van der Waals surface area (Å²) in [6, 6.07) is 7.57. The summed E-state index contributed by atoms with van der Waals surface area (Å²) in [6.07, 6.45) is 7.00. The molecule has 2 rings (SSSR count). The second-order valence-electron chi connectivity index (χ2n) is 4.82. The first kappa shape index (κ1) is 16.1. The van der Waals surface area contributed by atoms with Gasteiger partial charge in [-0.05, 0) is 30.2 Å². The van der Waals surface area contributed by atoms with Crippen molar-refractivity contribution in [2.45, 2.75) is 19.3 Å². The third-order valence-electron chi connectivity index (χ3n) is 3.30. The van der Waals surface area contributed by atoms with E-state index in [9.17, 15) is 4.79 Å². The predicted octanol–water partition coefficient (Wildman–Crippen LogP) is 4.15. The minimum Gasteiger partial charge on any atom is -0.352 e. The smallest absolute Gasteiger partial charge is 0.253 e. The number of nitrogens with zero attached hydrogens (tertiary/aromatic N) is 1. The monoisotopic (exact) mass is 322 g/mol. The largest absolute Gasteiger partial charge is 0.352 e. The van der Waals surface area contributed by atoms with Crippen LogP contribution in [0.4, 0.5) is 0 Å². The third-order valence-corrected chi connectivity index (χ3v) is 4.30. The minimum atomic E-state index is -0.0831. The molecule has 5 heteroatoms. The van der Waals surface area contributed by atoms with Gasteiger partial charge in [-0.3, -0.25) is 4.79 Å². The number of hydrogen-bond acceptors (Lipinski definition) is 3. The van der Waals surface area contributed by atoms with Gasteiger partial charge in [0.1, 0.15) is 5.15 Å². The van der Waals surface area contributed by atoms with Gasteiger partial charge in [0.2, 0.25) is 0 Å². The van der Waals surface area contributed by atoms with Crippen molar-refractivity contribution < 1.29 is 4.79 Å². The summed E-state index contributed by atoms with van der Waals surface area (Å²) in [4.78, 5) is 16.4. The molecule has 0 aliphatic rings. The number of unbranched alkanes of at least 4 members (excludes halogenated alkanes) is 2. The maximum Gasteiger partial charge on any atom is 0.253 e. The Morgan fingerprint density at radius 2 is 2.00 bits per heavy atom. The van der Waals surface area contributed by atoms with Gasteiger partial charge in [-0.1, -0.05) is 42.3 Å². The van der Waals surface area contributed by atoms with Crippen LogP contribution in [-0.2, 0) is 0 Å². The molecule has 0 bridgehead atoms. The second-order valence-corrected chi connectivity index (χ2v) is 6.16. The van der Waals surface area contributed by atoms with Gasteiger partial charge in [0.25, 0.3) is 5.91 Å². The highest BCUT2D eigenvalue weighted by atomic mass is 35.5. The topological polar surface area (TPSA) is 42.0 Å². The van der Waals surface area contributed by atoms with Crippen LogP contribution in [0.2, 0.25) is 5.15 Å². The highest BCUT2D eigenvalue weighted by Crippen LogP contribution is 2.24. The highest BCUT2D eigenvalue weighted by molar-refractivity contribution is 7.98. The van der Waals surface area contributed by atoms with Crippen LogP contribution in [0.1, 0.15) is 29.6 Å². The van der Waals surface area contributed by atoms with Crippen molar-refractivity contribution in [3.8, 4) is 0 Å². The van der Waals surface area contributed by atoms with Gasteiger partial charge in [0.15, 0.2) is 0 Å². The zero-order valence-electron chi connectivity index (χ0n) is 12.1. The zero-order valence-corrected chi connectivity index (χ0v) is 13.6. The number of carbonyl (C=O) groups excluding carboxylic acids is 1. The van der Waals surface area contributed by atoms with Crippen molar-refractivity contribution in [1.29, 1.82) is 0 Å². The molecule has 0 fully saturated rings. The van der Waals surface area contributed by atoms with E-state index in [1.165, 1.54) is 12.2 Å². The molecule has 0 saturated carbocycles. The van der Waals surface area contributed by atoms with Crippen LogP contribution < -0.4 is 5.32 Å². The molecule has 2 aromatic rings. The molecule has 1 aromatic carbocycles. The summed E-state index contributed by atoms with van der Waals surface area (Å²) >= 11 is 7.92. The summed E-state index contributed by atoms with van der Waals surface area (Å²) in [7, 11) is 0. The Kier molecular flexibility index (Phi) is 6.33. The Morgan fingerprint density at radius 3 is 2.76 bits per heavy atom. The lowest BCUT2D eigenvalue weighted by molar-refractivity contribution is 0.0954. The first-order valence-electron chi connectivity index (χ1n) is 7.04. The average Bonchev–Trinajstić information content (AvgIpc) is 2.51. The van der Waals surface area contributed by atoms with Crippen LogP contribution >= 0.6 is 23.4 Å². The molecule has 0 unspecified atom stereocenters. The first-order valence-corrected chi connectivity index (χ1v) is 8.81. The standard InChI is InChI=1S/C16H19ClN2OS/c1-21-10-6-2-5-9-18-16(20)14-11-19-15(17)13-8-4-3-7-12(13)14/h3-4,7-8,11H,2,5-6,9-10H2,1H3,(H,18,20). The van der Waals surface area contributed by atoms with Crippen molar-refractivity contribution in [3.05, 3.63) is 41.2 Å². The molecule has 3 nitrogen and oxygen atoms in total. The van der Waals surface area contributed by atoms with Gasteiger partial charge < -0.3 is 5.32 Å². The summed E-state index contributed by atoms with van der Waals surface area (Å²) in [5.74, 6) is 1.10. The van der Waals surface area contributed by atoms with Gasteiger partial charge in [-0.25, -0.2) is 4.98 Å². The molecular formula is C16H19ClN2OS. The van der Waals surface area contributed by atoms with Crippen LogP contribution in [-0.4, -0.2) is 29.4 Å². The zero-order chi connectivity index (χ0) is 15.1. The molecule has 112 valence electrons. The molecule has 1 N–H and O–H groups in total. The number of pyridine rings is 1. The fraction of sp³-hybridized carbons (Fsp3) is 0.375. The lowest BCUT2D eigenvalue weighted by Crippen LogP contribution is -2.24. The number of rotatable bonds is 7. The number of carbonyl (C=O) groups is 1. The quantitative estimate of drug-likeness (QED) is 0.615. The average molecular weight is 323 g/mol. The van der Waals surface area contributed by atoms with E-state index in [2.05, 4.69) is 16.6 Å². The Labute approximate surface area is 134 Å². The van der Waals surface area contributed by atoms with E-state index >= 15 is 0 Å². The first-order chi connectivity index (χ1) is 10.2. The molecule has 0 radical (unpaired) electrons. The SMILES string of the molecule is CSCCCCCNC(=O)c1cnc(Cl)c2ccccc12. The predicted molar refractivity (Wildman–Crippen MR) is 91.3 cm³/mol. The lowest BCUT2D eigenvalue weighted by atomic mass is 10.1. The van der Waals surface area contributed by atoms with Crippen LogP contribution in [0.5, 0.6) is 0 Å². The van der Waals surface area contributed by atoms with E-state index in [0.717, 1.165) is 23.6 Å². The van der Waals surface area contributed by atoms with Crippen LogP contribution in [0.15, 0.2) is 30.5 Å². The summed E-state index contributed by atoms with van der Waals surface area (Å²) in [6.45, 7) is 0.699. The van der Waals surface area contributed by atoms with Crippen LogP contribution in [0.25, 0.3) is 10.8 Å². The molecule has 1 aromatic heterocycles. The molecule has 1 amide bonds. The van der Waals surface area contributed by atoms with Gasteiger partial charge >= 0.3 is 0 Å². The second kappa shape index (κ2) is 8.25. The fourth-order valence-corrected chi connectivity index (χ4v) is 2.89. The molecule has 0 aliphatic heterocycles. The highest BCUT2D eigenvalue weighted by Gasteiger charge is 2.11. The van der Waals surface area contributed by atoms with Gasteiger partial charge in [-0.15, -0.1) is 0 Å². The van der Waals surface area contributed by atoms with Gasteiger partial charge in [0.05, 0.1) is 5.56 Å². The minimum absolute atomic E-state index is 0.0831. The number of aromatic nitrogens is 1. The lowest BCUT2D eigenvalue weighted by Gasteiger charge is -2.08. The number of halogens is 1. The molecule has 1 heterocycles. The maximum atomic E-state index is 12.3. The van der Waals surface area contributed by atoms with E-state index in [4.69, 9.17) is 11.6 Å². The van der Waals surface area contributed by atoms with E-state index in [-0.39, 0.29) is 5.91 Å². The van der Waals surface area contributed by atoms with Crippen molar-refractivity contribution in [3.63, 3.8) is 0 Å². The number of amides is 1. The summed E-state index contributed by atoms with van der Waals surface area (Å²) in [5.41, 5.74) is 0.583. The van der Waals surface area contributed by atoms with E-state index in [0.29, 0.717) is 17.3 Å². The van der Waals surface area contributed by atoms with Gasteiger partial charge in [-0.2, -0.15) is 11.8 Å². The molecule has 0 aliphatic carbocycles. The molecular weight excluding hydrogens is 304 g/mol. The van der Waals surface area contributed by atoms with E-state index in [1.807, 2.05) is 36.0 Å². The Bertz CT molecular complexity index is 618. The number of fused-ring (bicyclic) bond motifs is 1. The molecule has 0 atom stereocenters. The molecule has 0 saturated heterocycles.